The molecular formula is C11H10F3N5. The van der Waals surface area contributed by atoms with Crippen LogP contribution in [0.2, 0.25) is 0 Å². The molecule has 0 aliphatic rings. The minimum absolute atomic E-state index is 0.0869. The minimum Gasteiger partial charge on any atom is -0.271 e. The molecule has 0 saturated carbocycles. The first-order valence-corrected chi connectivity index (χ1v) is 5.27. The lowest BCUT2D eigenvalue weighted by molar-refractivity contribution is -0.138. The number of aromatic nitrogens is 3. The fourth-order valence-electron chi connectivity index (χ4n) is 1.70. The van der Waals surface area contributed by atoms with Gasteiger partial charge in [-0.15, -0.1) is 0 Å². The van der Waals surface area contributed by atoms with Crippen LogP contribution >= 0.6 is 0 Å². The van der Waals surface area contributed by atoms with Gasteiger partial charge in [-0.1, -0.05) is 0 Å². The molecule has 2 heterocycles. The lowest BCUT2D eigenvalue weighted by Gasteiger charge is -2.19. The summed E-state index contributed by atoms with van der Waals surface area (Å²) in [4.78, 5) is 11.3. The lowest BCUT2D eigenvalue weighted by Crippen LogP contribution is -2.31. The van der Waals surface area contributed by atoms with Gasteiger partial charge >= 0.3 is 6.18 Å². The van der Waals surface area contributed by atoms with E-state index in [-0.39, 0.29) is 5.56 Å². The Morgan fingerprint density at radius 1 is 1.16 bits per heavy atom. The molecule has 5 nitrogen and oxygen atoms in total. The first kappa shape index (κ1) is 13.4. The average Bonchev–Trinajstić information content (AvgIpc) is 2.40. The zero-order chi connectivity index (χ0) is 13.9. The number of rotatable bonds is 3. The van der Waals surface area contributed by atoms with Gasteiger partial charge in [0.25, 0.3) is 0 Å². The molecule has 1 unspecified atom stereocenters. The third kappa shape index (κ3) is 2.85. The molecular weight excluding hydrogens is 259 g/mol. The monoisotopic (exact) mass is 269 g/mol. The predicted octanol–water partition coefficient (Wildman–Crippen LogP) is 1.44. The fraction of sp³-hybridized carbons (Fsp3) is 0.182. The number of pyridine rings is 1. The van der Waals surface area contributed by atoms with Gasteiger partial charge in [0.15, 0.2) is 0 Å². The Balaban J connectivity index is 2.51. The van der Waals surface area contributed by atoms with Crippen LogP contribution in [0.3, 0.4) is 0 Å². The maximum atomic E-state index is 12.9. The number of halogens is 3. The van der Waals surface area contributed by atoms with E-state index >= 15 is 0 Å². The molecule has 100 valence electrons. The van der Waals surface area contributed by atoms with Crippen LogP contribution in [-0.2, 0) is 6.18 Å². The van der Waals surface area contributed by atoms with Crippen molar-refractivity contribution in [3.05, 3.63) is 53.9 Å². The van der Waals surface area contributed by atoms with Crippen molar-refractivity contribution < 1.29 is 13.2 Å². The summed E-state index contributed by atoms with van der Waals surface area (Å²) >= 11 is 0. The zero-order valence-corrected chi connectivity index (χ0v) is 9.59. The second kappa shape index (κ2) is 5.29. The van der Waals surface area contributed by atoms with Crippen LogP contribution in [0.1, 0.15) is 22.9 Å². The van der Waals surface area contributed by atoms with Gasteiger partial charge in [-0.3, -0.25) is 10.8 Å². The van der Waals surface area contributed by atoms with Crippen molar-refractivity contribution >= 4 is 0 Å². The van der Waals surface area contributed by atoms with E-state index in [9.17, 15) is 13.2 Å². The second-order valence-corrected chi connectivity index (χ2v) is 3.69. The summed E-state index contributed by atoms with van der Waals surface area (Å²) in [6.07, 6.45) is 0.384. The van der Waals surface area contributed by atoms with Crippen molar-refractivity contribution in [2.45, 2.75) is 12.2 Å². The molecule has 3 N–H and O–H groups in total. The fourth-order valence-corrected chi connectivity index (χ4v) is 1.70. The number of hydrogen-bond donors (Lipinski definition) is 2. The Bertz CT molecular complexity index is 544. The van der Waals surface area contributed by atoms with E-state index < -0.39 is 17.8 Å². The highest BCUT2D eigenvalue weighted by Crippen LogP contribution is 2.35. The van der Waals surface area contributed by atoms with Gasteiger partial charge in [-0.2, -0.15) is 13.2 Å². The van der Waals surface area contributed by atoms with E-state index in [0.717, 1.165) is 18.5 Å². The van der Waals surface area contributed by atoms with E-state index in [0.29, 0.717) is 5.69 Å². The Kier molecular flexibility index (Phi) is 3.72. The molecule has 0 aliphatic heterocycles. The van der Waals surface area contributed by atoms with Crippen LogP contribution < -0.4 is 11.3 Å². The zero-order valence-electron chi connectivity index (χ0n) is 9.59. The number of nitrogens with two attached hydrogens (primary N) is 1. The first-order chi connectivity index (χ1) is 9.04. The van der Waals surface area contributed by atoms with Crippen molar-refractivity contribution in [1.82, 2.24) is 20.4 Å². The first-order valence-electron chi connectivity index (χ1n) is 5.27. The third-order valence-electron chi connectivity index (χ3n) is 2.54. The summed E-state index contributed by atoms with van der Waals surface area (Å²) < 4.78 is 38.8. The Morgan fingerprint density at radius 3 is 2.47 bits per heavy atom. The predicted molar refractivity (Wildman–Crippen MR) is 60.4 cm³/mol. The highest BCUT2D eigenvalue weighted by Gasteiger charge is 2.35. The van der Waals surface area contributed by atoms with Gasteiger partial charge in [-0.05, 0) is 12.1 Å². The lowest BCUT2D eigenvalue weighted by atomic mass is 10.0. The van der Waals surface area contributed by atoms with Crippen LogP contribution in [-0.4, -0.2) is 15.0 Å². The summed E-state index contributed by atoms with van der Waals surface area (Å²) in [5, 5.41) is 0. The van der Waals surface area contributed by atoms with Gasteiger partial charge in [0, 0.05) is 24.2 Å². The highest BCUT2D eigenvalue weighted by molar-refractivity contribution is 5.34. The van der Waals surface area contributed by atoms with Crippen molar-refractivity contribution in [3.63, 3.8) is 0 Å². The SMILES string of the molecule is NNC(c1ccncn1)c1cnccc1C(F)(F)F. The summed E-state index contributed by atoms with van der Waals surface area (Å²) in [5.74, 6) is 5.34. The van der Waals surface area contributed by atoms with Gasteiger partial charge in [0.2, 0.25) is 0 Å². The Hall–Kier alpha value is -2.06. The normalized spacial score (nSPS) is 13.3. The summed E-state index contributed by atoms with van der Waals surface area (Å²) in [6.45, 7) is 0. The van der Waals surface area contributed by atoms with E-state index in [1.165, 1.54) is 18.6 Å². The molecule has 0 spiro atoms. The van der Waals surface area contributed by atoms with E-state index in [1.54, 1.807) is 0 Å². The van der Waals surface area contributed by atoms with Crippen molar-refractivity contribution in [2.24, 2.45) is 5.84 Å². The number of hydrogen-bond acceptors (Lipinski definition) is 5. The molecule has 2 rings (SSSR count). The molecule has 0 aromatic carbocycles. The van der Waals surface area contributed by atoms with E-state index in [2.05, 4.69) is 20.4 Å². The van der Waals surface area contributed by atoms with Crippen molar-refractivity contribution in [2.75, 3.05) is 0 Å². The summed E-state index contributed by atoms with van der Waals surface area (Å²) in [6, 6.07) is 1.48. The molecule has 0 aliphatic carbocycles. The molecule has 0 saturated heterocycles. The summed E-state index contributed by atoms with van der Waals surface area (Å²) in [5.41, 5.74) is 1.76. The topological polar surface area (TPSA) is 76.7 Å². The smallest absolute Gasteiger partial charge is 0.271 e. The number of hydrazine groups is 1. The van der Waals surface area contributed by atoms with Crippen LogP contribution in [0.25, 0.3) is 0 Å². The van der Waals surface area contributed by atoms with Crippen molar-refractivity contribution in [1.29, 1.82) is 0 Å². The maximum absolute atomic E-state index is 12.9. The minimum atomic E-state index is -4.49. The van der Waals surface area contributed by atoms with Gasteiger partial charge in [0.1, 0.15) is 6.33 Å². The molecule has 19 heavy (non-hydrogen) atoms. The second-order valence-electron chi connectivity index (χ2n) is 3.69. The van der Waals surface area contributed by atoms with Crippen LogP contribution in [0.4, 0.5) is 13.2 Å². The average molecular weight is 269 g/mol. The molecule has 0 radical (unpaired) electrons. The highest BCUT2D eigenvalue weighted by atomic mass is 19.4. The van der Waals surface area contributed by atoms with Gasteiger partial charge in [0.05, 0.1) is 17.3 Å². The Morgan fingerprint density at radius 2 is 1.89 bits per heavy atom. The molecule has 2 aromatic heterocycles. The number of alkyl halides is 3. The molecule has 0 fully saturated rings. The van der Waals surface area contributed by atoms with E-state index in [1.807, 2.05) is 0 Å². The molecule has 2 aromatic rings. The standard InChI is InChI=1S/C11H10F3N5/c12-11(13,14)8-1-3-16-5-7(8)10(19-15)9-2-4-17-6-18-9/h1-6,10,19H,15H2. The molecule has 1 atom stereocenters. The largest absolute Gasteiger partial charge is 0.416 e. The van der Waals surface area contributed by atoms with Crippen LogP contribution in [0.15, 0.2) is 37.1 Å². The summed E-state index contributed by atoms with van der Waals surface area (Å²) in [7, 11) is 0. The van der Waals surface area contributed by atoms with E-state index in [4.69, 9.17) is 5.84 Å². The van der Waals surface area contributed by atoms with Crippen LogP contribution in [0, 0.1) is 0 Å². The molecule has 0 amide bonds. The quantitative estimate of drug-likeness (QED) is 0.651. The number of nitrogens with one attached hydrogen (secondary N) is 1. The van der Waals surface area contributed by atoms with Crippen LogP contribution in [0.5, 0.6) is 0 Å². The maximum Gasteiger partial charge on any atom is 0.416 e. The van der Waals surface area contributed by atoms with Crippen molar-refractivity contribution in [3.8, 4) is 0 Å². The Labute approximate surface area is 106 Å². The van der Waals surface area contributed by atoms with Gasteiger partial charge in [-0.25, -0.2) is 15.4 Å². The third-order valence-corrected chi connectivity index (χ3v) is 2.54. The molecule has 0 bridgehead atoms. The number of nitrogens with zero attached hydrogens (tertiary/aromatic N) is 3. The van der Waals surface area contributed by atoms with Gasteiger partial charge < -0.3 is 0 Å². The molecule has 8 heteroatoms.